The molecule has 0 aliphatic rings. The highest BCUT2D eigenvalue weighted by Crippen LogP contribution is 2.16. The van der Waals surface area contributed by atoms with E-state index in [1.54, 1.807) is 0 Å². The van der Waals surface area contributed by atoms with Gasteiger partial charge < -0.3 is 18.9 Å². The first-order chi connectivity index (χ1) is 27.1. The molecular weight excluding hydrogens is 732 g/mol. The maximum Gasteiger partial charge on any atom is 0.338 e. The van der Waals surface area contributed by atoms with Crippen LogP contribution in [0.5, 0.6) is 0 Å². The second kappa shape index (κ2) is 29.0. The van der Waals surface area contributed by atoms with E-state index in [-0.39, 0.29) is 13.2 Å². The van der Waals surface area contributed by atoms with Gasteiger partial charge in [0.1, 0.15) is 13.2 Å². The van der Waals surface area contributed by atoms with Gasteiger partial charge in [-0.3, -0.25) is 19.9 Å². The zero-order valence-corrected chi connectivity index (χ0v) is 33.3. The Labute approximate surface area is 326 Å². The Morgan fingerprint density at radius 3 is 0.982 bits per heavy atom. The lowest BCUT2D eigenvalue weighted by Gasteiger charge is -2.25. The van der Waals surface area contributed by atoms with Crippen LogP contribution in [0.4, 0.5) is 0 Å². The normalized spacial score (nSPS) is 12.4. The summed E-state index contributed by atoms with van der Waals surface area (Å²) < 4.78 is 23.9. The number of rotatable bonds is 33. The van der Waals surface area contributed by atoms with Crippen LogP contribution >= 0.6 is 0 Å². The van der Waals surface area contributed by atoms with Crippen LogP contribution in [0.2, 0.25) is 0 Å². The Bertz CT molecular complexity index is 1560. The van der Waals surface area contributed by atoms with Crippen molar-refractivity contribution >= 4 is 11.9 Å². The molecule has 0 fully saturated rings. The van der Waals surface area contributed by atoms with Crippen LogP contribution in [0.3, 0.4) is 0 Å². The van der Waals surface area contributed by atoms with Crippen molar-refractivity contribution in [1.29, 1.82) is 0 Å². The molecule has 0 saturated heterocycles. The number of hydrogen-bond acceptors (Lipinski definition) is 12. The molecule has 2 aromatic rings. The van der Waals surface area contributed by atoms with Gasteiger partial charge in [-0.1, -0.05) is 129 Å². The molecule has 18 heteroatoms. The van der Waals surface area contributed by atoms with Crippen molar-refractivity contribution in [3.05, 3.63) is 62.9 Å². The van der Waals surface area contributed by atoms with Crippen LogP contribution in [-0.2, 0) is 41.6 Å². The lowest BCUT2D eigenvalue weighted by atomic mass is 10.1. The lowest BCUT2D eigenvalue weighted by molar-refractivity contribution is -0.184. The van der Waals surface area contributed by atoms with Gasteiger partial charge in [-0.25, -0.2) is 47.5 Å². The van der Waals surface area contributed by atoms with E-state index in [9.17, 15) is 38.4 Å². The largest absolute Gasteiger partial charge is 0.462 e. The number of nitrogens with one attached hydrogen (secondary N) is 4. The number of carbonyl (C=O) groups is 2. The van der Waals surface area contributed by atoms with Gasteiger partial charge in [0, 0.05) is 13.2 Å². The first-order valence-corrected chi connectivity index (χ1v) is 20.5. The summed E-state index contributed by atoms with van der Waals surface area (Å²) in [6, 6.07) is 0. The molecule has 0 bridgehead atoms. The first-order valence-electron chi connectivity index (χ1n) is 20.5. The Morgan fingerprint density at radius 1 is 0.429 bits per heavy atom. The van der Waals surface area contributed by atoms with Gasteiger partial charge >= 0.3 is 46.1 Å². The smallest absolute Gasteiger partial charge is 0.338 e. The quantitative estimate of drug-likeness (QED) is 0.0601. The fourth-order valence-corrected chi connectivity index (χ4v) is 6.11. The molecule has 18 nitrogen and oxygen atoms in total. The topological polar surface area (TPSA) is 246 Å². The van der Waals surface area contributed by atoms with E-state index in [4.69, 9.17) is 18.9 Å². The van der Waals surface area contributed by atoms with Gasteiger partial charge in [-0.2, -0.15) is 0 Å². The van der Waals surface area contributed by atoms with E-state index in [0.717, 1.165) is 51.4 Å². The molecule has 0 saturated carbocycles. The molecule has 2 rings (SSSR count). The third kappa shape index (κ3) is 19.5. The number of hydrogen-bond donors (Lipinski definition) is 4. The van der Waals surface area contributed by atoms with Crippen molar-refractivity contribution in [2.24, 2.45) is 0 Å². The van der Waals surface area contributed by atoms with Crippen molar-refractivity contribution in [1.82, 2.24) is 29.1 Å². The van der Waals surface area contributed by atoms with Crippen molar-refractivity contribution in [3.8, 4) is 0 Å². The SMILES string of the molecule is CCCCCCCCCCCCOC(C(=O)OCCn1c(=O)[nH]c(=O)[nH]c1=O)C(OCCCCCCCCCCCC)C(=O)OCCn1c(=O)[nH]c(=O)[nH]c1=O. The summed E-state index contributed by atoms with van der Waals surface area (Å²) in [7, 11) is 0. The summed E-state index contributed by atoms with van der Waals surface area (Å²) in [6.45, 7) is 2.77. The minimum Gasteiger partial charge on any atom is -0.462 e. The summed E-state index contributed by atoms with van der Waals surface area (Å²) in [4.78, 5) is 106. The number of esters is 2. The van der Waals surface area contributed by atoms with Crippen molar-refractivity contribution in [3.63, 3.8) is 0 Å². The monoisotopic (exact) mass is 796 g/mol. The minimum absolute atomic E-state index is 0.0862. The second-order valence-electron chi connectivity index (χ2n) is 14.0. The van der Waals surface area contributed by atoms with E-state index in [0.29, 0.717) is 22.0 Å². The van der Waals surface area contributed by atoms with E-state index in [1.165, 1.54) is 64.2 Å². The zero-order valence-electron chi connectivity index (χ0n) is 33.3. The predicted molar refractivity (Wildman–Crippen MR) is 209 cm³/mol. The van der Waals surface area contributed by atoms with Crippen LogP contribution in [-0.4, -0.2) is 79.6 Å². The van der Waals surface area contributed by atoms with Gasteiger partial charge in [0.15, 0.2) is 12.2 Å². The summed E-state index contributed by atoms with van der Waals surface area (Å²) in [5, 5.41) is 0. The van der Waals surface area contributed by atoms with E-state index in [2.05, 4.69) is 13.8 Å². The predicted octanol–water partition coefficient (Wildman–Crippen LogP) is 3.16. The molecule has 56 heavy (non-hydrogen) atoms. The van der Waals surface area contributed by atoms with Crippen LogP contribution in [0, 0.1) is 0 Å². The van der Waals surface area contributed by atoms with E-state index < -0.39 is 84.6 Å². The summed E-state index contributed by atoms with van der Waals surface area (Å²) in [5.74, 6) is -2.02. The molecule has 0 aliphatic heterocycles. The fourth-order valence-electron chi connectivity index (χ4n) is 6.11. The second-order valence-corrected chi connectivity index (χ2v) is 14.0. The molecule has 4 N–H and O–H groups in total. The summed E-state index contributed by atoms with van der Waals surface area (Å²) in [5.41, 5.74) is -5.94. The highest BCUT2D eigenvalue weighted by Gasteiger charge is 2.38. The summed E-state index contributed by atoms with van der Waals surface area (Å²) >= 11 is 0. The van der Waals surface area contributed by atoms with Gasteiger partial charge in [0.2, 0.25) is 0 Å². The molecule has 0 aromatic carbocycles. The van der Waals surface area contributed by atoms with Crippen LogP contribution in [0.1, 0.15) is 142 Å². The van der Waals surface area contributed by atoms with E-state index >= 15 is 0 Å². The fraction of sp³-hybridized carbons (Fsp3) is 0.789. The summed E-state index contributed by atoms with van der Waals surface area (Å²) in [6.07, 6.45) is 18.2. The molecule has 2 aromatic heterocycles. The molecule has 318 valence electrons. The maximum atomic E-state index is 13.5. The Balaban J connectivity index is 2.12. The minimum atomic E-state index is -1.60. The van der Waals surface area contributed by atoms with E-state index in [1.807, 2.05) is 19.9 Å². The molecule has 0 spiro atoms. The van der Waals surface area contributed by atoms with Crippen molar-refractivity contribution in [2.45, 2.75) is 168 Å². The molecule has 2 heterocycles. The average Bonchev–Trinajstić information content (AvgIpc) is 3.15. The van der Waals surface area contributed by atoms with Crippen molar-refractivity contribution < 1.29 is 28.5 Å². The molecular formula is C38H64N6O12. The van der Waals surface area contributed by atoms with Gasteiger partial charge in [0.05, 0.1) is 13.1 Å². The number of aromatic nitrogens is 6. The molecule has 0 radical (unpaired) electrons. The molecule has 0 aliphatic carbocycles. The number of ether oxygens (including phenoxy) is 4. The van der Waals surface area contributed by atoms with Gasteiger partial charge in [-0.15, -0.1) is 0 Å². The van der Waals surface area contributed by atoms with Gasteiger partial charge in [-0.05, 0) is 12.8 Å². The molecule has 0 amide bonds. The molecule has 2 unspecified atom stereocenters. The average molecular weight is 797 g/mol. The van der Waals surface area contributed by atoms with Crippen LogP contribution < -0.4 is 34.1 Å². The third-order valence-corrected chi connectivity index (χ3v) is 9.31. The number of carbonyl (C=O) groups excluding carboxylic acids is 2. The molecule has 2 atom stereocenters. The number of H-pyrrole nitrogens is 4. The number of nitrogens with zero attached hydrogens (tertiary/aromatic N) is 2. The standard InChI is InChI=1S/C38H64N6O12/c1-3-5-7-9-11-13-15-17-19-21-25-53-29(31(45)55-27-23-43-35(49)39-33(47)40-36(43)50)30(54-26-22-20-18-16-14-12-10-8-6-4-2)32(46)56-28-24-44-37(51)41-34(48)42-38(44)52/h29-30H,3-28H2,1-2H3,(H2,39,40,47,49,50)(H2,41,42,48,51,52). The first kappa shape index (κ1) is 47.8. The Hall–Kier alpha value is -4.32. The van der Waals surface area contributed by atoms with Gasteiger partial charge in [0.25, 0.3) is 0 Å². The third-order valence-electron chi connectivity index (χ3n) is 9.31. The highest BCUT2D eigenvalue weighted by molar-refractivity contribution is 5.85. The number of unbranched alkanes of at least 4 members (excludes halogenated alkanes) is 18. The zero-order chi connectivity index (χ0) is 41.0. The maximum absolute atomic E-state index is 13.5. The Morgan fingerprint density at radius 2 is 0.696 bits per heavy atom. The number of aromatic amines is 4. The van der Waals surface area contributed by atoms with Crippen LogP contribution in [0.15, 0.2) is 28.8 Å². The lowest BCUT2D eigenvalue weighted by Crippen LogP contribution is -2.47. The Kier molecular flexibility index (Phi) is 24.8. The van der Waals surface area contributed by atoms with Crippen molar-refractivity contribution in [2.75, 3.05) is 26.4 Å². The van der Waals surface area contributed by atoms with Crippen LogP contribution in [0.25, 0.3) is 0 Å². The highest BCUT2D eigenvalue weighted by atomic mass is 16.6.